The van der Waals surface area contributed by atoms with Crippen LogP contribution in [0.2, 0.25) is 0 Å². The third-order valence-corrected chi connectivity index (χ3v) is 2.01. The summed E-state index contributed by atoms with van der Waals surface area (Å²) < 4.78 is 0. The van der Waals surface area contributed by atoms with Crippen LogP contribution in [0.4, 0.5) is 5.82 Å². The average molecular weight is 172 g/mol. The number of hydrogen-bond donors (Lipinski definition) is 2. The van der Waals surface area contributed by atoms with Gasteiger partial charge in [0.05, 0.1) is 0 Å². The molecular weight excluding hydrogens is 160 g/mol. The smallest absolute Gasteiger partial charge is 0.100 e. The number of anilines is 1. The molecule has 0 radical (unpaired) electrons. The van der Waals surface area contributed by atoms with Crippen LogP contribution in [0.1, 0.15) is 11.3 Å². The number of benzene rings is 1. The molecule has 0 unspecified atom stereocenters. The van der Waals surface area contributed by atoms with Crippen LogP contribution in [0.3, 0.4) is 0 Å². The normalized spacial score (nSPS) is 10.2. The molecule has 0 saturated heterocycles. The van der Waals surface area contributed by atoms with Crippen molar-refractivity contribution >= 4 is 5.82 Å². The summed E-state index contributed by atoms with van der Waals surface area (Å²) in [5, 5.41) is 0. The predicted molar refractivity (Wildman–Crippen MR) is 54.5 cm³/mol. The van der Waals surface area contributed by atoms with E-state index in [9.17, 15) is 0 Å². The van der Waals surface area contributed by atoms with Gasteiger partial charge in [0.1, 0.15) is 5.82 Å². The number of H-pyrrole nitrogens is 1. The molecule has 3 N–H and O–H groups in total. The Balaban J connectivity index is 2.15. The molecule has 0 fully saturated rings. The Morgan fingerprint density at radius 1 is 1.00 bits per heavy atom. The van der Waals surface area contributed by atoms with Gasteiger partial charge in [-0.15, -0.1) is 0 Å². The molecule has 66 valence electrons. The Labute approximate surface area is 77.4 Å². The first-order valence-corrected chi connectivity index (χ1v) is 4.32. The van der Waals surface area contributed by atoms with Gasteiger partial charge < -0.3 is 10.7 Å². The number of nitrogens with two attached hydrogens (primary N) is 1. The fraction of sp³-hybridized carbons (Fsp3) is 0.0909. The number of nitrogen functional groups attached to an aromatic ring is 1. The molecule has 13 heavy (non-hydrogen) atoms. The van der Waals surface area contributed by atoms with Gasteiger partial charge >= 0.3 is 0 Å². The summed E-state index contributed by atoms with van der Waals surface area (Å²) in [5.41, 5.74) is 8.03. The molecule has 1 aromatic carbocycles. The molecule has 2 heteroatoms. The average Bonchev–Trinajstić information content (AvgIpc) is 2.53. The monoisotopic (exact) mass is 172 g/mol. The topological polar surface area (TPSA) is 41.8 Å². The maximum Gasteiger partial charge on any atom is 0.100 e. The summed E-state index contributed by atoms with van der Waals surface area (Å²) in [7, 11) is 0. The molecule has 0 saturated carbocycles. The SMILES string of the molecule is Nc1ccc(Cc2ccccc2)[nH]1. The number of rotatable bonds is 2. The molecule has 2 nitrogen and oxygen atoms in total. The Kier molecular flexibility index (Phi) is 2.04. The lowest BCUT2D eigenvalue weighted by atomic mass is 10.1. The summed E-state index contributed by atoms with van der Waals surface area (Å²) in [6.07, 6.45) is 0.915. The Morgan fingerprint density at radius 3 is 2.38 bits per heavy atom. The number of nitrogens with one attached hydrogen (secondary N) is 1. The third kappa shape index (κ3) is 1.90. The van der Waals surface area contributed by atoms with Crippen LogP contribution in [0.5, 0.6) is 0 Å². The van der Waals surface area contributed by atoms with Crippen molar-refractivity contribution in [2.75, 3.05) is 5.73 Å². The maximum absolute atomic E-state index is 5.58. The standard InChI is InChI=1S/C11H12N2/c12-11-7-6-10(13-11)8-9-4-2-1-3-5-9/h1-7,13H,8,12H2. The summed E-state index contributed by atoms with van der Waals surface area (Å²) in [6.45, 7) is 0. The second-order valence-electron chi connectivity index (χ2n) is 3.10. The highest BCUT2D eigenvalue weighted by atomic mass is 14.8. The van der Waals surface area contributed by atoms with Gasteiger partial charge in [-0.1, -0.05) is 30.3 Å². The molecule has 0 aliphatic rings. The zero-order valence-corrected chi connectivity index (χ0v) is 7.33. The lowest BCUT2D eigenvalue weighted by Crippen LogP contribution is -1.89. The van der Waals surface area contributed by atoms with E-state index < -0.39 is 0 Å². The first-order valence-electron chi connectivity index (χ1n) is 4.32. The minimum atomic E-state index is 0.728. The van der Waals surface area contributed by atoms with E-state index in [-0.39, 0.29) is 0 Å². The first kappa shape index (κ1) is 7.92. The van der Waals surface area contributed by atoms with Crippen molar-refractivity contribution in [3.63, 3.8) is 0 Å². The van der Waals surface area contributed by atoms with E-state index in [1.807, 2.05) is 30.3 Å². The minimum absolute atomic E-state index is 0.728. The highest BCUT2D eigenvalue weighted by Gasteiger charge is 1.96. The fourth-order valence-corrected chi connectivity index (χ4v) is 1.38. The number of aromatic amines is 1. The lowest BCUT2D eigenvalue weighted by molar-refractivity contribution is 1.11. The van der Waals surface area contributed by atoms with Gasteiger partial charge in [-0.05, 0) is 17.7 Å². The Hall–Kier alpha value is -1.70. The molecule has 2 rings (SSSR count). The molecule has 1 heterocycles. The van der Waals surface area contributed by atoms with Gasteiger partial charge in [0.25, 0.3) is 0 Å². The van der Waals surface area contributed by atoms with Crippen LogP contribution in [0.15, 0.2) is 42.5 Å². The first-order chi connectivity index (χ1) is 6.34. The molecule has 1 aromatic heterocycles. The van der Waals surface area contributed by atoms with Crippen molar-refractivity contribution in [2.24, 2.45) is 0 Å². The maximum atomic E-state index is 5.58. The molecular formula is C11H12N2. The van der Waals surface area contributed by atoms with Gasteiger partial charge in [-0.3, -0.25) is 0 Å². The van der Waals surface area contributed by atoms with Crippen molar-refractivity contribution in [3.05, 3.63) is 53.7 Å². The zero-order chi connectivity index (χ0) is 9.10. The van der Waals surface area contributed by atoms with Crippen LogP contribution in [-0.2, 0) is 6.42 Å². The predicted octanol–water partition coefficient (Wildman–Crippen LogP) is 2.19. The molecule has 0 spiro atoms. The van der Waals surface area contributed by atoms with Crippen molar-refractivity contribution in [3.8, 4) is 0 Å². The van der Waals surface area contributed by atoms with E-state index in [4.69, 9.17) is 5.73 Å². The molecule has 0 amide bonds. The second kappa shape index (κ2) is 3.35. The Morgan fingerprint density at radius 2 is 1.77 bits per heavy atom. The molecule has 0 atom stereocenters. The van der Waals surface area contributed by atoms with Gasteiger partial charge in [0.15, 0.2) is 0 Å². The van der Waals surface area contributed by atoms with E-state index in [1.165, 1.54) is 5.56 Å². The minimum Gasteiger partial charge on any atom is -0.385 e. The second-order valence-corrected chi connectivity index (χ2v) is 3.10. The molecule has 0 aliphatic heterocycles. The largest absolute Gasteiger partial charge is 0.385 e. The van der Waals surface area contributed by atoms with Crippen LogP contribution in [0, 0.1) is 0 Å². The lowest BCUT2D eigenvalue weighted by Gasteiger charge is -1.97. The van der Waals surface area contributed by atoms with Gasteiger partial charge in [0.2, 0.25) is 0 Å². The molecule has 0 bridgehead atoms. The van der Waals surface area contributed by atoms with E-state index in [2.05, 4.69) is 17.1 Å². The number of aromatic nitrogens is 1. The highest BCUT2D eigenvalue weighted by molar-refractivity contribution is 5.33. The van der Waals surface area contributed by atoms with Gasteiger partial charge in [-0.2, -0.15) is 0 Å². The van der Waals surface area contributed by atoms with Crippen LogP contribution >= 0.6 is 0 Å². The molecule has 2 aromatic rings. The van der Waals surface area contributed by atoms with Gasteiger partial charge in [-0.25, -0.2) is 0 Å². The highest BCUT2D eigenvalue weighted by Crippen LogP contribution is 2.09. The van der Waals surface area contributed by atoms with E-state index >= 15 is 0 Å². The van der Waals surface area contributed by atoms with Crippen molar-refractivity contribution in [2.45, 2.75) is 6.42 Å². The fourth-order valence-electron chi connectivity index (χ4n) is 1.38. The quantitative estimate of drug-likeness (QED) is 0.716. The van der Waals surface area contributed by atoms with Crippen molar-refractivity contribution in [1.82, 2.24) is 4.98 Å². The van der Waals surface area contributed by atoms with Crippen molar-refractivity contribution < 1.29 is 0 Å². The summed E-state index contributed by atoms with van der Waals surface area (Å²) in [6, 6.07) is 14.2. The number of hydrogen-bond acceptors (Lipinski definition) is 1. The Bertz CT molecular complexity index is 376. The van der Waals surface area contributed by atoms with E-state index in [1.54, 1.807) is 0 Å². The van der Waals surface area contributed by atoms with Crippen LogP contribution < -0.4 is 5.73 Å². The zero-order valence-electron chi connectivity index (χ0n) is 7.33. The molecule has 0 aliphatic carbocycles. The van der Waals surface area contributed by atoms with Crippen molar-refractivity contribution in [1.29, 1.82) is 0 Å². The van der Waals surface area contributed by atoms with E-state index in [0.29, 0.717) is 0 Å². The summed E-state index contributed by atoms with van der Waals surface area (Å²) in [5.74, 6) is 0.728. The van der Waals surface area contributed by atoms with Gasteiger partial charge in [0, 0.05) is 12.1 Å². The van der Waals surface area contributed by atoms with Crippen LogP contribution in [0.25, 0.3) is 0 Å². The van der Waals surface area contributed by atoms with Crippen LogP contribution in [-0.4, -0.2) is 4.98 Å². The summed E-state index contributed by atoms with van der Waals surface area (Å²) >= 11 is 0. The van der Waals surface area contributed by atoms with E-state index in [0.717, 1.165) is 17.9 Å². The third-order valence-electron chi connectivity index (χ3n) is 2.01. The summed E-state index contributed by atoms with van der Waals surface area (Å²) in [4.78, 5) is 3.10.